The highest BCUT2D eigenvalue weighted by atomic mass is 32.2. The quantitative estimate of drug-likeness (QED) is 0.517. The average molecular weight is 449 g/mol. The molecule has 0 aliphatic rings. The normalized spacial score (nSPS) is 11.3. The molecule has 0 atom stereocenters. The number of rotatable bonds is 9. The van der Waals surface area contributed by atoms with Crippen LogP contribution in [-0.4, -0.2) is 35.7 Å². The number of ether oxygens (including phenoxy) is 3. The van der Waals surface area contributed by atoms with E-state index in [1.54, 1.807) is 43.9 Å². The van der Waals surface area contributed by atoms with Crippen molar-refractivity contribution < 1.29 is 22.6 Å². The van der Waals surface area contributed by atoms with Gasteiger partial charge in [0.25, 0.3) is 10.0 Å². The van der Waals surface area contributed by atoms with E-state index in [9.17, 15) is 8.42 Å². The zero-order valence-electron chi connectivity index (χ0n) is 17.0. The molecule has 0 bridgehead atoms. The van der Waals surface area contributed by atoms with Crippen LogP contribution in [0.5, 0.6) is 23.0 Å². The second-order valence-electron chi connectivity index (χ2n) is 6.43. The summed E-state index contributed by atoms with van der Waals surface area (Å²) in [5.74, 6) is 2.21. The van der Waals surface area contributed by atoms with Crippen molar-refractivity contribution in [2.75, 3.05) is 27.3 Å². The Morgan fingerprint density at radius 1 is 0.967 bits per heavy atom. The highest BCUT2D eigenvalue weighted by molar-refractivity contribution is 7.91. The van der Waals surface area contributed by atoms with Crippen LogP contribution < -0.4 is 24.7 Å². The number of thiophene rings is 1. The lowest BCUT2D eigenvalue weighted by Gasteiger charge is -2.15. The third-order valence-corrected chi connectivity index (χ3v) is 7.27. The molecule has 30 heavy (non-hydrogen) atoms. The fraction of sp³-hybridized carbons (Fsp3) is 0.238. The average Bonchev–Trinajstić information content (AvgIpc) is 3.23. The molecule has 0 saturated carbocycles. The first-order chi connectivity index (χ1) is 14.4. The molecule has 3 rings (SSSR count). The van der Waals surface area contributed by atoms with Crippen LogP contribution in [0.3, 0.4) is 0 Å². The molecule has 0 saturated heterocycles. The number of aryl methyl sites for hydroxylation is 1. The standard InChI is InChI=1S/C21H24N2O5S2/c1-14-4-6-16(17-8-11-29-21(17)30(24,25)23-10-9-22)19(12-14)28-15-5-7-18(26-2)20(13-15)27-3/h4-8,11-13,23H,9-10,22H2,1-3H3. The second kappa shape index (κ2) is 9.48. The predicted molar refractivity (Wildman–Crippen MR) is 118 cm³/mol. The van der Waals surface area contributed by atoms with Crippen LogP contribution in [0.4, 0.5) is 0 Å². The van der Waals surface area contributed by atoms with Crippen LogP contribution in [0.1, 0.15) is 5.56 Å². The van der Waals surface area contributed by atoms with Crippen molar-refractivity contribution in [3.63, 3.8) is 0 Å². The van der Waals surface area contributed by atoms with Gasteiger partial charge < -0.3 is 19.9 Å². The maximum atomic E-state index is 12.7. The van der Waals surface area contributed by atoms with Gasteiger partial charge in [-0.2, -0.15) is 0 Å². The lowest BCUT2D eigenvalue weighted by molar-refractivity contribution is 0.352. The fourth-order valence-corrected chi connectivity index (χ4v) is 5.37. The van der Waals surface area contributed by atoms with Gasteiger partial charge in [0.1, 0.15) is 15.7 Å². The largest absolute Gasteiger partial charge is 0.493 e. The predicted octanol–water partition coefficient (Wildman–Crippen LogP) is 3.77. The summed E-state index contributed by atoms with van der Waals surface area (Å²) < 4.78 is 44.9. The Morgan fingerprint density at radius 2 is 1.73 bits per heavy atom. The molecule has 0 spiro atoms. The Balaban J connectivity index is 2.04. The smallest absolute Gasteiger partial charge is 0.250 e. The maximum absolute atomic E-state index is 12.7. The Kier molecular flexibility index (Phi) is 6.99. The Hall–Kier alpha value is -2.59. The van der Waals surface area contributed by atoms with Gasteiger partial charge in [0.05, 0.1) is 14.2 Å². The van der Waals surface area contributed by atoms with Crippen molar-refractivity contribution in [2.45, 2.75) is 11.1 Å². The SMILES string of the molecule is COc1ccc(Oc2cc(C)ccc2-c2ccsc2S(=O)(=O)NCCN)cc1OC. The molecule has 0 radical (unpaired) electrons. The molecule has 0 fully saturated rings. The third-order valence-electron chi connectivity index (χ3n) is 4.32. The minimum Gasteiger partial charge on any atom is -0.493 e. The molecule has 7 nitrogen and oxygen atoms in total. The minimum absolute atomic E-state index is 0.169. The molecule has 0 aliphatic heterocycles. The van der Waals surface area contributed by atoms with E-state index in [2.05, 4.69) is 4.72 Å². The molecule has 0 aliphatic carbocycles. The third kappa shape index (κ3) is 4.76. The van der Waals surface area contributed by atoms with E-state index in [-0.39, 0.29) is 17.3 Å². The van der Waals surface area contributed by atoms with Crippen LogP contribution in [-0.2, 0) is 10.0 Å². The van der Waals surface area contributed by atoms with E-state index < -0.39 is 10.0 Å². The van der Waals surface area contributed by atoms with Crippen LogP contribution in [0, 0.1) is 6.92 Å². The summed E-state index contributed by atoms with van der Waals surface area (Å²) in [6, 6.07) is 12.6. The minimum atomic E-state index is -3.68. The summed E-state index contributed by atoms with van der Waals surface area (Å²) in [6.07, 6.45) is 0. The highest BCUT2D eigenvalue weighted by Gasteiger charge is 2.23. The molecule has 0 unspecified atom stereocenters. The van der Waals surface area contributed by atoms with E-state index in [0.717, 1.165) is 16.9 Å². The van der Waals surface area contributed by atoms with Crippen LogP contribution in [0.25, 0.3) is 11.1 Å². The summed E-state index contributed by atoms with van der Waals surface area (Å²) in [5.41, 5.74) is 7.67. The summed E-state index contributed by atoms with van der Waals surface area (Å²) >= 11 is 1.15. The monoisotopic (exact) mass is 448 g/mol. The molecule has 160 valence electrons. The van der Waals surface area contributed by atoms with Gasteiger partial charge in [-0.05, 0) is 42.1 Å². The summed E-state index contributed by atoms with van der Waals surface area (Å²) in [7, 11) is -0.565. The first-order valence-corrected chi connectivity index (χ1v) is 11.5. The fourth-order valence-electron chi connectivity index (χ4n) is 2.91. The lowest BCUT2D eigenvalue weighted by Crippen LogP contribution is -2.28. The van der Waals surface area contributed by atoms with Gasteiger partial charge in [0.15, 0.2) is 11.5 Å². The van der Waals surface area contributed by atoms with Crippen LogP contribution in [0.15, 0.2) is 52.1 Å². The number of nitrogens with one attached hydrogen (secondary N) is 1. The lowest BCUT2D eigenvalue weighted by atomic mass is 10.1. The topological polar surface area (TPSA) is 99.9 Å². The molecule has 2 aromatic carbocycles. The van der Waals surface area contributed by atoms with Gasteiger partial charge in [-0.1, -0.05) is 12.1 Å². The van der Waals surface area contributed by atoms with Crippen molar-refractivity contribution in [1.82, 2.24) is 4.72 Å². The van der Waals surface area contributed by atoms with E-state index in [4.69, 9.17) is 19.9 Å². The van der Waals surface area contributed by atoms with Gasteiger partial charge in [-0.3, -0.25) is 0 Å². The number of benzene rings is 2. The molecule has 3 aromatic rings. The molecule has 9 heteroatoms. The molecule has 1 heterocycles. The van der Waals surface area contributed by atoms with E-state index in [0.29, 0.717) is 34.1 Å². The van der Waals surface area contributed by atoms with E-state index >= 15 is 0 Å². The van der Waals surface area contributed by atoms with Crippen molar-refractivity contribution in [3.05, 3.63) is 53.4 Å². The van der Waals surface area contributed by atoms with Gasteiger partial charge in [0, 0.05) is 30.3 Å². The number of hydrogen-bond acceptors (Lipinski definition) is 7. The van der Waals surface area contributed by atoms with Crippen LogP contribution >= 0.6 is 11.3 Å². The van der Waals surface area contributed by atoms with Crippen molar-refractivity contribution in [1.29, 1.82) is 0 Å². The Morgan fingerprint density at radius 3 is 2.43 bits per heavy atom. The molecular formula is C21H24N2O5S2. The molecule has 3 N–H and O–H groups in total. The van der Waals surface area contributed by atoms with Gasteiger partial charge in [-0.25, -0.2) is 13.1 Å². The van der Waals surface area contributed by atoms with Gasteiger partial charge in [0.2, 0.25) is 0 Å². The van der Waals surface area contributed by atoms with Crippen molar-refractivity contribution >= 4 is 21.4 Å². The summed E-state index contributed by atoms with van der Waals surface area (Å²) in [4.78, 5) is 0. The molecule has 1 aromatic heterocycles. The summed E-state index contributed by atoms with van der Waals surface area (Å²) in [5, 5.41) is 1.74. The maximum Gasteiger partial charge on any atom is 0.250 e. The summed E-state index contributed by atoms with van der Waals surface area (Å²) in [6.45, 7) is 2.33. The van der Waals surface area contributed by atoms with Crippen molar-refractivity contribution in [3.8, 4) is 34.1 Å². The van der Waals surface area contributed by atoms with Gasteiger partial charge in [-0.15, -0.1) is 11.3 Å². The zero-order valence-corrected chi connectivity index (χ0v) is 18.6. The van der Waals surface area contributed by atoms with E-state index in [1.807, 2.05) is 25.1 Å². The van der Waals surface area contributed by atoms with Crippen LogP contribution in [0.2, 0.25) is 0 Å². The van der Waals surface area contributed by atoms with Gasteiger partial charge >= 0.3 is 0 Å². The number of sulfonamides is 1. The highest BCUT2D eigenvalue weighted by Crippen LogP contribution is 2.41. The van der Waals surface area contributed by atoms with Crippen molar-refractivity contribution in [2.24, 2.45) is 5.73 Å². The number of hydrogen-bond donors (Lipinski definition) is 2. The molecule has 0 amide bonds. The number of methoxy groups -OCH3 is 2. The first kappa shape index (κ1) is 22.1. The Bertz CT molecular complexity index is 1130. The Labute approximate surface area is 180 Å². The first-order valence-electron chi connectivity index (χ1n) is 9.17. The zero-order chi connectivity index (χ0) is 21.7. The second-order valence-corrected chi connectivity index (χ2v) is 9.30. The van der Waals surface area contributed by atoms with E-state index in [1.165, 1.54) is 0 Å². The number of nitrogens with two attached hydrogens (primary N) is 1. The molecular weight excluding hydrogens is 424 g/mol.